The van der Waals surface area contributed by atoms with E-state index in [2.05, 4.69) is 50.3 Å². The summed E-state index contributed by atoms with van der Waals surface area (Å²) < 4.78 is 41.0. The highest BCUT2D eigenvalue weighted by atomic mass is 16.7. The Balaban J connectivity index is 1.78. The van der Waals surface area contributed by atoms with Crippen molar-refractivity contribution < 1.29 is 38.0 Å². The number of esters is 1. The quantitative estimate of drug-likeness (QED) is 0.0522. The van der Waals surface area contributed by atoms with Crippen molar-refractivity contribution in [1.29, 1.82) is 0 Å². The maximum absolute atomic E-state index is 13.2. The van der Waals surface area contributed by atoms with E-state index in [0.717, 1.165) is 37.0 Å². The summed E-state index contributed by atoms with van der Waals surface area (Å²) >= 11 is 0. The molecule has 0 amide bonds. The summed E-state index contributed by atoms with van der Waals surface area (Å²) in [5.41, 5.74) is 2.20. The molecule has 1 aromatic rings. The van der Waals surface area contributed by atoms with E-state index < -0.39 is 18.2 Å². The largest absolute Gasteiger partial charge is 0.497 e. The van der Waals surface area contributed by atoms with Crippen LogP contribution in [0, 0.1) is 30.1 Å². The van der Waals surface area contributed by atoms with Gasteiger partial charge in [0.05, 0.1) is 44.7 Å². The maximum atomic E-state index is 13.2. The Bertz CT molecular complexity index is 1310. The fourth-order valence-corrected chi connectivity index (χ4v) is 5.54. The second-order valence-corrected chi connectivity index (χ2v) is 12.2. The highest BCUT2D eigenvalue weighted by molar-refractivity contribution is 5.88. The zero-order valence-electron chi connectivity index (χ0n) is 28.9. The third-order valence-corrected chi connectivity index (χ3v) is 8.10. The van der Waals surface area contributed by atoms with Crippen LogP contribution >= 0.6 is 0 Å². The second kappa shape index (κ2) is 22.1. The van der Waals surface area contributed by atoms with E-state index in [1.807, 2.05) is 42.5 Å². The number of carbonyl (C=O) groups is 1. The first-order valence-electron chi connectivity index (χ1n) is 16.7. The standard InChI is InChI=1S/C40H52O8/c1-7-11-30(3)26-37-15-9-13-34(47-37)14-10-16-40(41)48-39(27-35(12-8-2)46-29-42-5)38(22-21-36-25-31(4)23-24-44-36)45-28-32-17-19-33(43-6)20-18-32/h1,8-9,13,17-23,30,34-39H,2,11-12,14-15,24-29H2,3-6H3/b22-21+/t30-,34-,35+,36+,37-,38-,39-/m0/s1. The Kier molecular flexibility index (Phi) is 17.9. The van der Waals surface area contributed by atoms with Crippen LogP contribution in [0.1, 0.15) is 64.4 Å². The van der Waals surface area contributed by atoms with E-state index >= 15 is 0 Å². The topological polar surface area (TPSA) is 81.7 Å². The molecular formula is C40H52O8. The smallest absolute Gasteiger partial charge is 0.384 e. The highest BCUT2D eigenvalue weighted by Crippen LogP contribution is 2.24. The molecule has 3 rings (SSSR count). The first kappa shape index (κ1) is 38.8. The van der Waals surface area contributed by atoms with Crippen LogP contribution < -0.4 is 4.74 Å². The summed E-state index contributed by atoms with van der Waals surface area (Å²) in [6, 6.07) is 7.64. The van der Waals surface area contributed by atoms with E-state index in [-0.39, 0.29) is 37.8 Å². The Morgan fingerprint density at radius 2 is 2.02 bits per heavy atom. The van der Waals surface area contributed by atoms with Crippen LogP contribution in [0.3, 0.4) is 0 Å². The molecular weight excluding hydrogens is 608 g/mol. The maximum Gasteiger partial charge on any atom is 0.384 e. The highest BCUT2D eigenvalue weighted by Gasteiger charge is 2.29. The Morgan fingerprint density at radius 1 is 1.21 bits per heavy atom. The minimum Gasteiger partial charge on any atom is -0.497 e. The van der Waals surface area contributed by atoms with Gasteiger partial charge in [-0.1, -0.05) is 67.0 Å². The van der Waals surface area contributed by atoms with Gasteiger partial charge in [0, 0.05) is 32.3 Å². The Hall–Kier alpha value is -3.63. The SMILES string of the molecule is C#CC[C@H](C)C[C@@H]1CC=C[C@@H](CC#CC(=O)O[C@@H](C[C@@H](CC=C)OCOC)[C@H](/C=C/[C@@H]2CC(C)=CCO2)OCc2ccc(OC)cc2)O1. The van der Waals surface area contributed by atoms with E-state index in [4.69, 9.17) is 39.6 Å². The van der Waals surface area contributed by atoms with Crippen LogP contribution in [-0.2, 0) is 39.8 Å². The number of carbonyl (C=O) groups excluding carboxylic acids is 1. The number of hydrogen-bond acceptors (Lipinski definition) is 8. The molecule has 0 aromatic heterocycles. The van der Waals surface area contributed by atoms with Crippen molar-refractivity contribution in [1.82, 2.24) is 0 Å². The molecule has 0 N–H and O–H groups in total. The molecule has 0 radical (unpaired) electrons. The number of ether oxygens (including phenoxy) is 7. The third kappa shape index (κ3) is 14.6. The van der Waals surface area contributed by atoms with Gasteiger partial charge in [-0.05, 0) is 56.2 Å². The van der Waals surface area contributed by atoms with Gasteiger partial charge in [-0.15, -0.1) is 18.9 Å². The lowest BCUT2D eigenvalue weighted by Gasteiger charge is -2.28. The average molecular weight is 661 g/mol. The van der Waals surface area contributed by atoms with Crippen molar-refractivity contribution in [2.75, 3.05) is 27.6 Å². The first-order valence-corrected chi connectivity index (χ1v) is 16.7. The predicted octanol–water partition coefficient (Wildman–Crippen LogP) is 6.90. The van der Waals surface area contributed by atoms with Crippen LogP contribution in [0.15, 0.2) is 72.9 Å². The van der Waals surface area contributed by atoms with Crippen LogP contribution in [0.25, 0.3) is 0 Å². The van der Waals surface area contributed by atoms with Crippen molar-refractivity contribution in [3.63, 3.8) is 0 Å². The summed E-state index contributed by atoms with van der Waals surface area (Å²) in [5, 5.41) is 0. The van der Waals surface area contributed by atoms with Gasteiger partial charge in [0.1, 0.15) is 24.8 Å². The monoisotopic (exact) mass is 660 g/mol. The lowest BCUT2D eigenvalue weighted by atomic mass is 9.97. The molecule has 8 heteroatoms. The molecule has 8 nitrogen and oxygen atoms in total. The molecule has 2 heterocycles. The zero-order chi connectivity index (χ0) is 34.6. The molecule has 0 bridgehead atoms. The van der Waals surface area contributed by atoms with Crippen molar-refractivity contribution in [2.45, 2.75) is 102 Å². The molecule has 0 fully saturated rings. The summed E-state index contributed by atoms with van der Waals surface area (Å²) in [5.74, 6) is 8.85. The fraction of sp³-hybridized carbons (Fsp3) is 0.525. The molecule has 7 atom stereocenters. The normalized spacial score (nSPS) is 21.6. The molecule has 0 aliphatic carbocycles. The molecule has 1 aromatic carbocycles. The fourth-order valence-electron chi connectivity index (χ4n) is 5.54. The predicted molar refractivity (Wildman–Crippen MR) is 187 cm³/mol. The molecule has 0 saturated heterocycles. The van der Waals surface area contributed by atoms with E-state index in [0.29, 0.717) is 31.8 Å². The molecule has 260 valence electrons. The van der Waals surface area contributed by atoms with Gasteiger partial charge in [0.2, 0.25) is 0 Å². The van der Waals surface area contributed by atoms with Gasteiger partial charge in [0.25, 0.3) is 0 Å². The van der Waals surface area contributed by atoms with Crippen LogP contribution in [0.2, 0.25) is 0 Å². The molecule has 2 aliphatic heterocycles. The van der Waals surface area contributed by atoms with E-state index in [1.165, 1.54) is 5.57 Å². The molecule has 0 saturated carbocycles. The van der Waals surface area contributed by atoms with Gasteiger partial charge < -0.3 is 33.2 Å². The Labute approximate surface area is 287 Å². The average Bonchev–Trinajstić information content (AvgIpc) is 3.07. The Morgan fingerprint density at radius 3 is 2.73 bits per heavy atom. The van der Waals surface area contributed by atoms with Gasteiger partial charge in [-0.2, -0.15) is 0 Å². The van der Waals surface area contributed by atoms with Gasteiger partial charge >= 0.3 is 5.97 Å². The number of hydrogen-bond donors (Lipinski definition) is 0. The summed E-state index contributed by atoms with van der Waals surface area (Å²) in [6.07, 6.45) is 19.8. The van der Waals surface area contributed by atoms with Crippen molar-refractivity contribution >= 4 is 5.97 Å². The lowest BCUT2D eigenvalue weighted by Crippen LogP contribution is -2.36. The number of benzene rings is 1. The van der Waals surface area contributed by atoms with Gasteiger partial charge in [-0.3, -0.25) is 0 Å². The third-order valence-electron chi connectivity index (χ3n) is 8.10. The summed E-state index contributed by atoms with van der Waals surface area (Å²) in [6.45, 7) is 9.01. The van der Waals surface area contributed by atoms with Crippen LogP contribution in [0.4, 0.5) is 0 Å². The summed E-state index contributed by atoms with van der Waals surface area (Å²) in [4.78, 5) is 13.2. The van der Waals surface area contributed by atoms with Gasteiger partial charge in [-0.25, -0.2) is 4.79 Å². The van der Waals surface area contributed by atoms with Crippen molar-refractivity contribution in [3.05, 3.63) is 78.4 Å². The number of methoxy groups -OCH3 is 2. The van der Waals surface area contributed by atoms with Crippen LogP contribution in [0.5, 0.6) is 5.75 Å². The molecule has 2 aliphatic rings. The van der Waals surface area contributed by atoms with Crippen molar-refractivity contribution in [3.8, 4) is 29.9 Å². The van der Waals surface area contributed by atoms with E-state index in [9.17, 15) is 4.79 Å². The summed E-state index contributed by atoms with van der Waals surface area (Å²) in [7, 11) is 3.19. The lowest BCUT2D eigenvalue weighted by molar-refractivity contribution is -0.154. The molecule has 48 heavy (non-hydrogen) atoms. The zero-order valence-corrected chi connectivity index (χ0v) is 28.9. The first-order chi connectivity index (χ1) is 23.3. The van der Waals surface area contributed by atoms with Gasteiger partial charge in [0.15, 0.2) is 0 Å². The minimum atomic E-state index is -0.726. The molecule has 0 unspecified atom stereocenters. The number of terminal acetylenes is 1. The van der Waals surface area contributed by atoms with Crippen molar-refractivity contribution in [2.24, 2.45) is 5.92 Å². The number of rotatable bonds is 19. The second-order valence-electron chi connectivity index (χ2n) is 12.2. The van der Waals surface area contributed by atoms with E-state index in [1.54, 1.807) is 20.3 Å². The molecule has 0 spiro atoms. The van der Waals surface area contributed by atoms with Crippen LogP contribution in [-0.4, -0.2) is 70.2 Å². The minimum absolute atomic E-state index is 0.0817.